The first-order valence-corrected chi connectivity index (χ1v) is 11.3. The number of nitrogens with zero attached hydrogens (tertiary/aromatic N) is 2. The Morgan fingerprint density at radius 3 is 2.72 bits per heavy atom. The van der Waals surface area contributed by atoms with Crippen LogP contribution in [0.3, 0.4) is 0 Å². The van der Waals surface area contributed by atoms with Crippen LogP contribution in [0.25, 0.3) is 6.08 Å². The van der Waals surface area contributed by atoms with Crippen LogP contribution in [0, 0.1) is 11.3 Å². The summed E-state index contributed by atoms with van der Waals surface area (Å²) in [5, 5.41) is 8.96. The number of carbonyl (C=O) groups is 2. The van der Waals surface area contributed by atoms with Gasteiger partial charge in [0.25, 0.3) is 11.1 Å². The van der Waals surface area contributed by atoms with E-state index in [0.717, 1.165) is 17.3 Å². The van der Waals surface area contributed by atoms with Gasteiger partial charge in [-0.1, -0.05) is 18.2 Å². The summed E-state index contributed by atoms with van der Waals surface area (Å²) in [5.41, 5.74) is 1.98. The van der Waals surface area contributed by atoms with Crippen molar-refractivity contribution in [3.05, 3.63) is 62.5 Å². The molecule has 1 aliphatic heterocycles. The number of rotatable bonds is 9. The van der Waals surface area contributed by atoms with Gasteiger partial charge in [0.1, 0.15) is 6.61 Å². The second-order valence-corrected chi connectivity index (χ2v) is 8.62. The normalized spacial score (nSPS) is 14.7. The Kier molecular flexibility index (Phi) is 8.33. The lowest BCUT2D eigenvalue weighted by Crippen LogP contribution is -2.29. The van der Waals surface area contributed by atoms with Gasteiger partial charge in [-0.2, -0.15) is 5.26 Å². The maximum absolute atomic E-state index is 12.6. The molecule has 0 radical (unpaired) electrons. The van der Waals surface area contributed by atoms with Crippen LogP contribution < -0.4 is 9.47 Å². The Bertz CT molecular complexity index is 1100. The number of carbonyl (C=O) groups excluding carboxylic acids is 2. The van der Waals surface area contributed by atoms with E-state index in [2.05, 4.69) is 22.0 Å². The summed E-state index contributed by atoms with van der Waals surface area (Å²) in [6, 6.07) is 12.9. The Morgan fingerprint density at radius 2 is 2.00 bits per heavy atom. The molecule has 0 N–H and O–H groups in total. The standard InChI is InChI=1S/C23H21BrN2O5S/c1-29-9-5-8-26-22(27)20(32-23(26)28)12-15-10-18(24)21(19(11-15)30-2)31-14-17-7-4-3-6-16(17)13-25/h3-4,6-7,10-12H,5,8-9,14H2,1-2H3/b20-12+. The minimum atomic E-state index is -0.320. The molecule has 1 aliphatic rings. The van der Waals surface area contributed by atoms with Gasteiger partial charge in [0.05, 0.1) is 28.1 Å². The third kappa shape index (κ3) is 5.51. The summed E-state index contributed by atoms with van der Waals surface area (Å²) in [7, 11) is 3.10. The molecule has 3 rings (SSSR count). The van der Waals surface area contributed by atoms with Crippen molar-refractivity contribution in [2.24, 2.45) is 0 Å². The minimum Gasteiger partial charge on any atom is -0.493 e. The summed E-state index contributed by atoms with van der Waals surface area (Å²) in [6.45, 7) is 0.990. The van der Waals surface area contributed by atoms with Crippen molar-refractivity contribution in [1.82, 2.24) is 4.90 Å². The van der Waals surface area contributed by atoms with Gasteiger partial charge >= 0.3 is 0 Å². The largest absolute Gasteiger partial charge is 0.493 e. The zero-order chi connectivity index (χ0) is 23.1. The molecule has 0 saturated carbocycles. The highest BCUT2D eigenvalue weighted by Crippen LogP contribution is 2.39. The van der Waals surface area contributed by atoms with E-state index in [1.165, 1.54) is 12.0 Å². The quantitative estimate of drug-likeness (QED) is 0.342. The molecule has 0 atom stereocenters. The summed E-state index contributed by atoms with van der Waals surface area (Å²) >= 11 is 4.41. The molecule has 0 bridgehead atoms. The molecule has 7 nitrogen and oxygen atoms in total. The Hall–Kier alpha value is -2.80. The van der Waals surface area contributed by atoms with Gasteiger partial charge in [-0.25, -0.2) is 0 Å². The minimum absolute atomic E-state index is 0.193. The highest BCUT2D eigenvalue weighted by Gasteiger charge is 2.34. The van der Waals surface area contributed by atoms with Crippen molar-refractivity contribution < 1.29 is 23.8 Å². The third-order valence-corrected chi connectivity index (χ3v) is 6.16. The first-order chi connectivity index (χ1) is 15.5. The number of halogens is 1. The van der Waals surface area contributed by atoms with Crippen molar-refractivity contribution in [2.45, 2.75) is 13.0 Å². The number of thioether (sulfide) groups is 1. The van der Waals surface area contributed by atoms with Crippen molar-refractivity contribution in [1.29, 1.82) is 5.26 Å². The van der Waals surface area contributed by atoms with E-state index in [0.29, 0.717) is 51.6 Å². The van der Waals surface area contributed by atoms with Crippen molar-refractivity contribution in [2.75, 3.05) is 27.4 Å². The monoisotopic (exact) mass is 516 g/mol. The molecule has 0 spiro atoms. The number of benzene rings is 2. The van der Waals surface area contributed by atoms with E-state index >= 15 is 0 Å². The average Bonchev–Trinajstić information content (AvgIpc) is 3.05. The van der Waals surface area contributed by atoms with Crippen LogP contribution in [0.1, 0.15) is 23.1 Å². The lowest BCUT2D eigenvalue weighted by molar-refractivity contribution is -0.122. The van der Waals surface area contributed by atoms with Gasteiger partial charge in [-0.3, -0.25) is 14.5 Å². The zero-order valence-electron chi connectivity index (χ0n) is 17.6. The van der Waals surface area contributed by atoms with Crippen LogP contribution in [0.4, 0.5) is 4.79 Å². The number of imide groups is 1. The highest BCUT2D eigenvalue weighted by atomic mass is 79.9. The lowest BCUT2D eigenvalue weighted by atomic mass is 10.1. The molecule has 9 heteroatoms. The number of hydrogen-bond acceptors (Lipinski definition) is 7. The van der Waals surface area contributed by atoms with Gasteiger partial charge in [0.15, 0.2) is 11.5 Å². The predicted octanol–water partition coefficient (Wildman–Crippen LogP) is 4.98. The van der Waals surface area contributed by atoms with Crippen LogP contribution in [0.2, 0.25) is 0 Å². The van der Waals surface area contributed by atoms with Crippen LogP contribution >= 0.6 is 27.7 Å². The second-order valence-electron chi connectivity index (χ2n) is 6.77. The molecule has 32 heavy (non-hydrogen) atoms. The van der Waals surface area contributed by atoms with E-state index in [1.807, 2.05) is 12.1 Å². The summed E-state index contributed by atoms with van der Waals surface area (Å²) in [5.74, 6) is 0.615. The molecular formula is C23H21BrN2O5S. The van der Waals surface area contributed by atoms with Gasteiger partial charge < -0.3 is 14.2 Å². The van der Waals surface area contributed by atoms with E-state index in [1.54, 1.807) is 37.5 Å². The average molecular weight is 517 g/mol. The fraction of sp³-hybridized carbons (Fsp3) is 0.261. The zero-order valence-corrected chi connectivity index (χ0v) is 20.0. The van der Waals surface area contributed by atoms with Gasteiger partial charge in [0, 0.05) is 25.8 Å². The fourth-order valence-corrected chi connectivity index (χ4v) is 4.52. The topological polar surface area (TPSA) is 88.9 Å². The lowest BCUT2D eigenvalue weighted by Gasteiger charge is -2.14. The summed E-state index contributed by atoms with van der Waals surface area (Å²) in [4.78, 5) is 26.4. The maximum atomic E-state index is 12.6. The SMILES string of the molecule is COCCCN1C(=O)S/C(=C/c2cc(Br)c(OCc3ccccc3C#N)c(OC)c2)C1=O. The number of nitriles is 1. The smallest absolute Gasteiger partial charge is 0.293 e. The fourth-order valence-electron chi connectivity index (χ4n) is 3.08. The van der Waals surface area contributed by atoms with Crippen LogP contribution in [0.5, 0.6) is 11.5 Å². The van der Waals surface area contributed by atoms with Crippen LogP contribution in [0.15, 0.2) is 45.8 Å². The number of amides is 2. The Labute approximate surface area is 199 Å². The number of ether oxygens (including phenoxy) is 3. The maximum Gasteiger partial charge on any atom is 0.293 e. The van der Waals surface area contributed by atoms with E-state index < -0.39 is 0 Å². The third-order valence-electron chi connectivity index (χ3n) is 4.66. The first kappa shape index (κ1) is 23.9. The number of methoxy groups -OCH3 is 2. The van der Waals surface area contributed by atoms with Crippen molar-refractivity contribution in [3.63, 3.8) is 0 Å². The molecule has 0 aliphatic carbocycles. The number of hydrogen-bond donors (Lipinski definition) is 0. The molecule has 1 heterocycles. The summed E-state index contributed by atoms with van der Waals surface area (Å²) < 4.78 is 17.0. The van der Waals surface area contributed by atoms with Gasteiger partial charge in [-0.15, -0.1) is 0 Å². The van der Waals surface area contributed by atoms with Crippen molar-refractivity contribution in [3.8, 4) is 17.6 Å². The molecule has 1 fully saturated rings. The van der Waals surface area contributed by atoms with Crippen LogP contribution in [-0.2, 0) is 16.1 Å². The molecule has 0 aromatic heterocycles. The first-order valence-electron chi connectivity index (χ1n) is 9.71. The van der Waals surface area contributed by atoms with Gasteiger partial charge in [0.2, 0.25) is 0 Å². The molecule has 2 aromatic rings. The highest BCUT2D eigenvalue weighted by molar-refractivity contribution is 9.10. The van der Waals surface area contributed by atoms with Crippen molar-refractivity contribution >= 4 is 44.9 Å². The predicted molar refractivity (Wildman–Crippen MR) is 125 cm³/mol. The molecule has 2 amide bonds. The van der Waals surface area contributed by atoms with Gasteiger partial charge in [-0.05, 0) is 64.0 Å². The molecule has 0 unspecified atom stereocenters. The Balaban J connectivity index is 1.80. The molecule has 166 valence electrons. The molecule has 2 aromatic carbocycles. The van der Waals surface area contributed by atoms with E-state index in [4.69, 9.17) is 14.2 Å². The second kappa shape index (κ2) is 11.2. The molecular weight excluding hydrogens is 496 g/mol. The summed E-state index contributed by atoms with van der Waals surface area (Å²) in [6.07, 6.45) is 2.24. The van der Waals surface area contributed by atoms with E-state index in [-0.39, 0.29) is 17.8 Å². The Morgan fingerprint density at radius 1 is 1.22 bits per heavy atom. The van der Waals surface area contributed by atoms with Crippen LogP contribution in [-0.4, -0.2) is 43.4 Å². The molecule has 1 saturated heterocycles. The van der Waals surface area contributed by atoms with E-state index in [9.17, 15) is 14.9 Å².